The number of hydrogen-bond acceptors (Lipinski definition) is 5. The summed E-state index contributed by atoms with van der Waals surface area (Å²) in [6, 6.07) is 7.37. The maximum atomic E-state index is 13.1. The van der Waals surface area contributed by atoms with Crippen molar-refractivity contribution in [3.05, 3.63) is 59.3 Å². The third-order valence-corrected chi connectivity index (χ3v) is 4.02. The van der Waals surface area contributed by atoms with Crippen LogP contribution in [0.4, 0.5) is 4.39 Å². The van der Waals surface area contributed by atoms with E-state index in [0.29, 0.717) is 13.1 Å². The van der Waals surface area contributed by atoms with Crippen LogP contribution in [-0.4, -0.2) is 43.1 Å². The first-order chi connectivity index (χ1) is 12.0. The van der Waals surface area contributed by atoms with Crippen molar-refractivity contribution in [2.75, 3.05) is 20.2 Å². The van der Waals surface area contributed by atoms with Gasteiger partial charge in [0.2, 0.25) is 0 Å². The Bertz CT molecular complexity index is 770. The molecule has 0 saturated carbocycles. The molecule has 25 heavy (non-hydrogen) atoms. The van der Waals surface area contributed by atoms with Gasteiger partial charge in [0.25, 0.3) is 5.91 Å². The summed E-state index contributed by atoms with van der Waals surface area (Å²) < 4.78 is 28.8. The van der Waals surface area contributed by atoms with Crippen LogP contribution in [-0.2, 0) is 9.47 Å². The maximum Gasteiger partial charge on any atom is 0.341 e. The smallest absolute Gasteiger partial charge is 0.341 e. The van der Waals surface area contributed by atoms with Crippen molar-refractivity contribution in [2.45, 2.75) is 19.1 Å². The van der Waals surface area contributed by atoms with Crippen molar-refractivity contribution >= 4 is 11.9 Å². The molecule has 2 heterocycles. The van der Waals surface area contributed by atoms with E-state index in [1.54, 1.807) is 17.0 Å². The van der Waals surface area contributed by atoms with E-state index in [-0.39, 0.29) is 35.3 Å². The molecule has 2 aromatic rings. The SMILES string of the molecule is COC(=O)c1coc(C(=O)N2CC(C)OC(c3ccc(F)cc3)C2)c1. The minimum atomic E-state index is -0.567. The summed E-state index contributed by atoms with van der Waals surface area (Å²) in [5, 5.41) is 0. The highest BCUT2D eigenvalue weighted by atomic mass is 19.1. The lowest BCUT2D eigenvalue weighted by atomic mass is 10.1. The number of methoxy groups -OCH3 is 1. The van der Waals surface area contributed by atoms with E-state index in [0.717, 1.165) is 5.56 Å². The Morgan fingerprint density at radius 1 is 1.24 bits per heavy atom. The van der Waals surface area contributed by atoms with Gasteiger partial charge >= 0.3 is 5.97 Å². The van der Waals surface area contributed by atoms with Gasteiger partial charge in [-0.05, 0) is 24.6 Å². The van der Waals surface area contributed by atoms with Crippen molar-refractivity contribution in [3.63, 3.8) is 0 Å². The van der Waals surface area contributed by atoms with Crippen LogP contribution in [0.2, 0.25) is 0 Å². The first kappa shape index (κ1) is 17.2. The largest absolute Gasteiger partial charge is 0.465 e. The number of carbonyl (C=O) groups excluding carboxylic acids is 2. The highest BCUT2D eigenvalue weighted by Crippen LogP contribution is 2.26. The quantitative estimate of drug-likeness (QED) is 0.799. The second-order valence-corrected chi connectivity index (χ2v) is 5.89. The Morgan fingerprint density at radius 2 is 1.96 bits per heavy atom. The fourth-order valence-corrected chi connectivity index (χ4v) is 2.81. The van der Waals surface area contributed by atoms with Crippen LogP contribution in [0.3, 0.4) is 0 Å². The normalized spacial score (nSPS) is 20.4. The topological polar surface area (TPSA) is 69.0 Å². The summed E-state index contributed by atoms with van der Waals surface area (Å²) in [7, 11) is 1.26. The number of esters is 1. The van der Waals surface area contributed by atoms with Crippen molar-refractivity contribution in [1.82, 2.24) is 4.90 Å². The Balaban J connectivity index is 1.76. The molecule has 1 aliphatic rings. The number of ether oxygens (including phenoxy) is 2. The molecule has 0 radical (unpaired) electrons. The fourth-order valence-electron chi connectivity index (χ4n) is 2.81. The maximum absolute atomic E-state index is 13.1. The average molecular weight is 347 g/mol. The van der Waals surface area contributed by atoms with Crippen molar-refractivity contribution < 1.29 is 27.9 Å². The summed E-state index contributed by atoms with van der Waals surface area (Å²) in [5.41, 5.74) is 0.975. The molecule has 0 aliphatic carbocycles. The molecule has 2 atom stereocenters. The molecule has 0 spiro atoms. The van der Waals surface area contributed by atoms with Gasteiger partial charge in [0.1, 0.15) is 18.2 Å². The molecule has 0 N–H and O–H groups in total. The number of halogens is 1. The number of morpholine rings is 1. The number of amides is 1. The first-order valence-corrected chi connectivity index (χ1v) is 7.85. The highest BCUT2D eigenvalue weighted by Gasteiger charge is 2.31. The standard InChI is InChI=1S/C18H18FNO5/c1-11-8-20(9-16(25-11)12-3-5-14(19)6-4-12)17(21)15-7-13(10-24-15)18(22)23-2/h3-7,10-11,16H,8-9H2,1-2H3. The van der Waals surface area contributed by atoms with Gasteiger partial charge in [0.15, 0.2) is 5.76 Å². The summed E-state index contributed by atoms with van der Waals surface area (Å²) in [6.45, 7) is 2.56. The van der Waals surface area contributed by atoms with Gasteiger partial charge in [-0.15, -0.1) is 0 Å². The molecule has 1 aromatic carbocycles. The van der Waals surface area contributed by atoms with Gasteiger partial charge in [-0.1, -0.05) is 12.1 Å². The lowest BCUT2D eigenvalue weighted by Gasteiger charge is -2.36. The third-order valence-electron chi connectivity index (χ3n) is 4.02. The molecule has 1 amide bonds. The third kappa shape index (κ3) is 3.71. The number of furan rings is 1. The highest BCUT2D eigenvalue weighted by molar-refractivity contribution is 5.96. The Kier molecular flexibility index (Phi) is 4.85. The molecule has 1 saturated heterocycles. The van der Waals surface area contributed by atoms with E-state index in [2.05, 4.69) is 4.74 Å². The molecule has 1 aliphatic heterocycles. The average Bonchev–Trinajstić information content (AvgIpc) is 3.10. The van der Waals surface area contributed by atoms with Crippen molar-refractivity contribution in [2.24, 2.45) is 0 Å². The summed E-state index contributed by atoms with van der Waals surface area (Å²) >= 11 is 0. The van der Waals surface area contributed by atoms with Gasteiger partial charge in [-0.25, -0.2) is 9.18 Å². The number of rotatable bonds is 3. The Morgan fingerprint density at radius 3 is 2.64 bits per heavy atom. The van der Waals surface area contributed by atoms with Crippen LogP contribution >= 0.6 is 0 Å². The van der Waals surface area contributed by atoms with Gasteiger partial charge in [0.05, 0.1) is 25.3 Å². The predicted octanol–water partition coefficient (Wildman–Crippen LogP) is 2.81. The second kappa shape index (κ2) is 7.06. The zero-order valence-electron chi connectivity index (χ0n) is 13.9. The number of benzene rings is 1. The number of carbonyl (C=O) groups is 2. The second-order valence-electron chi connectivity index (χ2n) is 5.89. The monoisotopic (exact) mass is 347 g/mol. The lowest BCUT2D eigenvalue weighted by Crippen LogP contribution is -2.45. The van der Waals surface area contributed by atoms with Gasteiger partial charge in [-0.2, -0.15) is 0 Å². The first-order valence-electron chi connectivity index (χ1n) is 7.85. The molecule has 3 rings (SSSR count). The van der Waals surface area contributed by atoms with E-state index in [1.807, 2.05) is 6.92 Å². The molecule has 1 fully saturated rings. The number of nitrogens with zero attached hydrogens (tertiary/aromatic N) is 1. The zero-order chi connectivity index (χ0) is 18.0. The van der Waals surface area contributed by atoms with E-state index in [4.69, 9.17) is 9.15 Å². The van der Waals surface area contributed by atoms with Gasteiger partial charge < -0.3 is 18.8 Å². The molecule has 1 aromatic heterocycles. The van der Waals surface area contributed by atoms with Crippen molar-refractivity contribution in [3.8, 4) is 0 Å². The van der Waals surface area contributed by atoms with Crippen LogP contribution in [0.5, 0.6) is 0 Å². The molecule has 132 valence electrons. The zero-order valence-corrected chi connectivity index (χ0v) is 13.9. The van der Waals surface area contributed by atoms with Gasteiger partial charge in [-0.3, -0.25) is 4.79 Å². The molecule has 7 heteroatoms. The van der Waals surface area contributed by atoms with Gasteiger partial charge in [0, 0.05) is 12.6 Å². The van der Waals surface area contributed by atoms with Crippen LogP contribution < -0.4 is 0 Å². The summed E-state index contributed by atoms with van der Waals surface area (Å²) in [6.07, 6.45) is 0.645. The van der Waals surface area contributed by atoms with Crippen LogP contribution in [0, 0.1) is 5.82 Å². The molecular weight excluding hydrogens is 329 g/mol. The summed E-state index contributed by atoms with van der Waals surface area (Å²) in [4.78, 5) is 25.7. The number of hydrogen-bond donors (Lipinski definition) is 0. The molecule has 0 bridgehead atoms. The van der Waals surface area contributed by atoms with Crippen molar-refractivity contribution in [1.29, 1.82) is 0 Å². The molecule has 2 unspecified atom stereocenters. The fraction of sp³-hybridized carbons (Fsp3) is 0.333. The van der Waals surface area contributed by atoms with E-state index in [9.17, 15) is 14.0 Å². The minimum Gasteiger partial charge on any atom is -0.465 e. The summed E-state index contributed by atoms with van der Waals surface area (Å²) in [5.74, 6) is -1.17. The van der Waals surface area contributed by atoms with E-state index in [1.165, 1.54) is 31.6 Å². The Hall–Kier alpha value is -2.67. The molecule has 6 nitrogen and oxygen atoms in total. The van der Waals surface area contributed by atoms with Crippen LogP contribution in [0.25, 0.3) is 0 Å². The molecular formula is C18H18FNO5. The lowest BCUT2D eigenvalue weighted by molar-refractivity contribution is -0.0697. The van der Waals surface area contributed by atoms with E-state index < -0.39 is 5.97 Å². The van der Waals surface area contributed by atoms with Crippen LogP contribution in [0.15, 0.2) is 41.0 Å². The van der Waals surface area contributed by atoms with E-state index >= 15 is 0 Å². The predicted molar refractivity (Wildman–Crippen MR) is 85.6 cm³/mol. The minimum absolute atomic E-state index is 0.0624. The van der Waals surface area contributed by atoms with Crippen LogP contribution in [0.1, 0.15) is 39.5 Å². The Labute approximate surface area is 144 Å².